The highest BCUT2D eigenvalue weighted by molar-refractivity contribution is 9.28. The first-order chi connectivity index (χ1) is 8.28. The molecule has 3 nitrogen and oxygen atoms in total. The lowest BCUT2D eigenvalue weighted by atomic mass is 9.99. The Morgan fingerprint density at radius 3 is 2.56 bits per heavy atom. The van der Waals surface area contributed by atoms with Crippen LogP contribution in [0.4, 0.5) is 4.79 Å². The monoisotopic (exact) mass is 379 g/mol. The molecule has 0 aromatic rings. The van der Waals surface area contributed by atoms with Crippen LogP contribution >= 0.6 is 31.9 Å². The molecule has 0 N–H and O–H groups in total. The molecule has 5 heteroatoms. The number of hydrogen-bond donors (Lipinski definition) is 0. The molecule has 0 spiro atoms. The second-order valence-corrected chi connectivity index (χ2v) is 8.83. The van der Waals surface area contributed by atoms with Crippen molar-refractivity contribution in [2.45, 2.75) is 57.7 Å². The van der Waals surface area contributed by atoms with Gasteiger partial charge in [0.05, 0.1) is 9.43 Å². The number of amides is 1. The smallest absolute Gasteiger partial charge is 0.411 e. The third-order valence-corrected chi connectivity index (χ3v) is 4.07. The van der Waals surface area contributed by atoms with Crippen LogP contribution in [0, 0.1) is 5.92 Å². The van der Waals surface area contributed by atoms with Crippen LogP contribution in [0.2, 0.25) is 0 Å². The van der Waals surface area contributed by atoms with Crippen molar-refractivity contribution in [3.8, 4) is 0 Å². The van der Waals surface area contributed by atoms with Crippen molar-refractivity contribution >= 4 is 38.0 Å². The summed E-state index contributed by atoms with van der Waals surface area (Å²) < 4.78 is 6.42. The molecule has 0 aromatic carbocycles. The first kappa shape index (κ1) is 14.4. The van der Waals surface area contributed by atoms with E-state index in [9.17, 15) is 4.79 Å². The molecule has 2 fully saturated rings. The summed E-state index contributed by atoms with van der Waals surface area (Å²) in [4.78, 5) is 14.2. The Hall–Kier alpha value is -0.0300. The molecule has 2 aliphatic rings. The molecule has 1 saturated carbocycles. The van der Waals surface area contributed by atoms with E-state index in [0.29, 0.717) is 12.0 Å². The van der Waals surface area contributed by atoms with Crippen LogP contribution in [0.3, 0.4) is 0 Å². The first-order valence-corrected chi connectivity index (χ1v) is 7.90. The number of fused-ring (bicyclic) bond motifs is 2. The lowest BCUT2D eigenvalue weighted by Crippen LogP contribution is -2.46. The van der Waals surface area contributed by atoms with Gasteiger partial charge in [0, 0.05) is 6.04 Å². The average Bonchev–Trinajstić information content (AvgIpc) is 2.73. The van der Waals surface area contributed by atoms with Gasteiger partial charge < -0.3 is 4.74 Å². The van der Waals surface area contributed by atoms with Crippen LogP contribution in [-0.2, 0) is 4.74 Å². The van der Waals surface area contributed by atoms with Crippen molar-refractivity contribution in [3.63, 3.8) is 0 Å². The second-order valence-electron chi connectivity index (χ2n) is 6.06. The van der Waals surface area contributed by atoms with Crippen molar-refractivity contribution in [1.82, 2.24) is 4.90 Å². The Kier molecular flexibility index (Phi) is 4.12. The molecular formula is C13H19Br2NO2. The van der Waals surface area contributed by atoms with E-state index in [2.05, 4.69) is 37.9 Å². The summed E-state index contributed by atoms with van der Waals surface area (Å²) in [7, 11) is 0. The van der Waals surface area contributed by atoms with E-state index in [4.69, 9.17) is 4.74 Å². The van der Waals surface area contributed by atoms with Crippen LogP contribution in [0.5, 0.6) is 0 Å². The summed E-state index contributed by atoms with van der Waals surface area (Å²) in [5.41, 5.74) is -0.432. The Morgan fingerprint density at radius 1 is 1.33 bits per heavy atom. The summed E-state index contributed by atoms with van der Waals surface area (Å²) in [6.45, 7) is 5.72. The summed E-state index contributed by atoms with van der Waals surface area (Å²) in [5.74, 6) is 0.576. The highest BCUT2D eigenvalue weighted by atomic mass is 79.9. The van der Waals surface area contributed by atoms with Gasteiger partial charge in [-0.2, -0.15) is 0 Å². The van der Waals surface area contributed by atoms with E-state index >= 15 is 0 Å². The van der Waals surface area contributed by atoms with Gasteiger partial charge in [-0.25, -0.2) is 4.79 Å². The number of likely N-dealkylation sites (tertiary alicyclic amines) is 1. The Morgan fingerprint density at radius 2 is 2.00 bits per heavy atom. The summed E-state index contributed by atoms with van der Waals surface area (Å²) in [5, 5.41) is 0. The van der Waals surface area contributed by atoms with E-state index in [0.717, 1.165) is 16.2 Å². The molecule has 1 amide bonds. The third-order valence-electron chi connectivity index (χ3n) is 3.54. The van der Waals surface area contributed by atoms with Gasteiger partial charge >= 0.3 is 6.09 Å². The molecule has 102 valence electrons. The quantitative estimate of drug-likeness (QED) is 0.674. The summed E-state index contributed by atoms with van der Waals surface area (Å²) >= 11 is 6.79. The lowest BCUT2D eigenvalue weighted by Gasteiger charge is -2.35. The highest BCUT2D eigenvalue weighted by Crippen LogP contribution is 2.44. The molecule has 0 radical (unpaired) electrons. The lowest BCUT2D eigenvalue weighted by molar-refractivity contribution is 0.0126. The molecule has 0 aromatic heterocycles. The van der Waals surface area contributed by atoms with Gasteiger partial charge in [0.25, 0.3) is 0 Å². The van der Waals surface area contributed by atoms with Crippen molar-refractivity contribution in [2.24, 2.45) is 5.92 Å². The number of carbonyl (C=O) groups excluding carboxylic acids is 1. The van der Waals surface area contributed by atoms with Gasteiger partial charge in [-0.15, -0.1) is 0 Å². The van der Waals surface area contributed by atoms with Crippen LogP contribution < -0.4 is 0 Å². The van der Waals surface area contributed by atoms with Crippen molar-refractivity contribution in [3.05, 3.63) is 9.47 Å². The van der Waals surface area contributed by atoms with Gasteiger partial charge in [-0.1, -0.05) is 0 Å². The van der Waals surface area contributed by atoms with Crippen molar-refractivity contribution in [2.75, 3.05) is 0 Å². The van der Waals surface area contributed by atoms with Crippen LogP contribution in [0.25, 0.3) is 0 Å². The van der Waals surface area contributed by atoms with E-state index < -0.39 is 5.60 Å². The van der Waals surface area contributed by atoms with E-state index in [1.807, 2.05) is 25.7 Å². The minimum Gasteiger partial charge on any atom is -0.444 e. The predicted octanol–water partition coefficient (Wildman–Crippen LogP) is 4.41. The Bertz CT molecular complexity index is 372. The second kappa shape index (κ2) is 5.16. The maximum absolute atomic E-state index is 12.3. The molecule has 18 heavy (non-hydrogen) atoms. The topological polar surface area (TPSA) is 29.5 Å². The Balaban J connectivity index is 2.14. The number of nitrogens with zero attached hydrogens (tertiary/aromatic N) is 1. The van der Waals surface area contributed by atoms with Gasteiger partial charge in [-0.05, 0) is 83.9 Å². The molecule has 2 rings (SSSR count). The average molecular weight is 381 g/mol. The normalized spacial score (nSPS) is 30.5. The van der Waals surface area contributed by atoms with Gasteiger partial charge in [0.1, 0.15) is 5.60 Å². The van der Waals surface area contributed by atoms with Gasteiger partial charge in [0.15, 0.2) is 0 Å². The minimum atomic E-state index is -0.432. The van der Waals surface area contributed by atoms with Crippen molar-refractivity contribution < 1.29 is 9.53 Å². The fraction of sp³-hybridized carbons (Fsp3) is 0.769. The number of ether oxygens (including phenoxy) is 1. The number of piperidine rings is 1. The molecule has 1 aliphatic carbocycles. The first-order valence-electron chi connectivity index (χ1n) is 6.32. The Labute approximate surface area is 125 Å². The highest BCUT2D eigenvalue weighted by Gasteiger charge is 2.48. The fourth-order valence-electron chi connectivity index (χ4n) is 2.96. The van der Waals surface area contributed by atoms with Gasteiger partial charge in [-0.3, -0.25) is 4.90 Å². The zero-order valence-electron chi connectivity index (χ0n) is 11.0. The minimum absolute atomic E-state index is 0.160. The van der Waals surface area contributed by atoms with Crippen LogP contribution in [-0.4, -0.2) is 28.7 Å². The van der Waals surface area contributed by atoms with Crippen LogP contribution in [0.15, 0.2) is 9.47 Å². The van der Waals surface area contributed by atoms with Crippen LogP contribution in [0.1, 0.15) is 40.0 Å². The molecule has 1 saturated heterocycles. The number of halogens is 2. The largest absolute Gasteiger partial charge is 0.444 e. The molecule has 1 heterocycles. The zero-order valence-corrected chi connectivity index (χ0v) is 14.1. The standard InChI is InChI=1S/C13H19Br2NO2/c1-13(2,3)18-12(17)16-9-5-4-8(6-9)10(16)7-11(14)15/h7-10H,4-6H2,1-3H3/t8-,9+,10+/m0/s1. The zero-order chi connectivity index (χ0) is 13.5. The molecule has 3 atom stereocenters. The summed E-state index contributed by atoms with van der Waals surface area (Å²) in [6, 6.07) is 0.512. The number of carbonyl (C=O) groups is 1. The number of hydrogen-bond acceptors (Lipinski definition) is 2. The van der Waals surface area contributed by atoms with E-state index in [-0.39, 0.29) is 12.1 Å². The third kappa shape index (κ3) is 3.10. The van der Waals surface area contributed by atoms with Gasteiger partial charge in [0.2, 0.25) is 0 Å². The SMILES string of the molecule is CC(C)(C)OC(=O)N1[C@@H]2CC[C@@H](C2)[C@H]1C=C(Br)Br. The van der Waals surface area contributed by atoms with E-state index in [1.165, 1.54) is 6.42 Å². The molecule has 1 aliphatic heterocycles. The molecular weight excluding hydrogens is 362 g/mol. The van der Waals surface area contributed by atoms with E-state index in [1.54, 1.807) is 0 Å². The summed E-state index contributed by atoms with van der Waals surface area (Å²) in [6.07, 6.45) is 5.30. The maximum atomic E-state index is 12.3. The van der Waals surface area contributed by atoms with Crippen molar-refractivity contribution in [1.29, 1.82) is 0 Å². The predicted molar refractivity (Wildman–Crippen MR) is 78.9 cm³/mol. The maximum Gasteiger partial charge on any atom is 0.411 e. The molecule has 0 unspecified atom stereocenters. The fourth-order valence-corrected chi connectivity index (χ4v) is 3.50. The number of rotatable bonds is 1. The molecule has 2 bridgehead atoms.